The zero-order chi connectivity index (χ0) is 13.7. The molecule has 0 bridgehead atoms. The zero-order valence-electron chi connectivity index (χ0n) is 10.1. The lowest BCUT2D eigenvalue weighted by atomic mass is 9.99. The molecule has 5 nitrogen and oxygen atoms in total. The maximum Gasteiger partial charge on any atom is 0.332 e. The van der Waals surface area contributed by atoms with Gasteiger partial charge in [-0.05, 0) is 30.2 Å². The van der Waals surface area contributed by atoms with Gasteiger partial charge in [0.05, 0.1) is 19.1 Å². The lowest BCUT2D eigenvalue weighted by Gasteiger charge is -2.08. The van der Waals surface area contributed by atoms with Crippen LogP contribution in [0.5, 0.6) is 5.75 Å². The Labute approximate surface area is 104 Å². The Morgan fingerprint density at radius 3 is 2.11 bits per heavy atom. The van der Waals surface area contributed by atoms with Crippen molar-refractivity contribution in [1.29, 1.82) is 0 Å². The minimum Gasteiger partial charge on any atom is -0.497 e. The van der Waals surface area contributed by atoms with Crippen LogP contribution in [-0.4, -0.2) is 29.3 Å². The van der Waals surface area contributed by atoms with Crippen molar-refractivity contribution in [2.45, 2.75) is 13.3 Å². The van der Waals surface area contributed by atoms with E-state index in [-0.39, 0.29) is 5.57 Å². The molecule has 0 atom stereocenters. The van der Waals surface area contributed by atoms with Gasteiger partial charge in [-0.25, -0.2) is 4.79 Å². The van der Waals surface area contributed by atoms with Gasteiger partial charge in [0.25, 0.3) is 0 Å². The molecule has 0 aliphatic rings. The van der Waals surface area contributed by atoms with Crippen molar-refractivity contribution < 1.29 is 24.5 Å². The first-order valence-electron chi connectivity index (χ1n) is 5.25. The molecule has 0 aliphatic heterocycles. The number of rotatable bonds is 5. The van der Waals surface area contributed by atoms with Crippen LogP contribution in [0.1, 0.15) is 18.9 Å². The molecule has 1 rings (SSSR count). The third kappa shape index (κ3) is 3.35. The van der Waals surface area contributed by atoms with Gasteiger partial charge >= 0.3 is 11.9 Å². The smallest absolute Gasteiger partial charge is 0.332 e. The Bertz CT molecular complexity index is 485. The number of hydrogen-bond donors (Lipinski definition) is 2. The number of carboxylic acids is 2. The number of aliphatic carboxylic acids is 2. The van der Waals surface area contributed by atoms with E-state index in [0.717, 1.165) is 0 Å². The maximum absolute atomic E-state index is 11.0. The van der Waals surface area contributed by atoms with E-state index < -0.39 is 18.4 Å². The summed E-state index contributed by atoms with van der Waals surface area (Å²) in [6.07, 6.45) is -0.507. The number of allylic oxidation sites excluding steroid dienone is 1. The average Bonchev–Trinajstić information content (AvgIpc) is 2.34. The summed E-state index contributed by atoms with van der Waals surface area (Å²) in [5, 5.41) is 17.7. The van der Waals surface area contributed by atoms with E-state index in [1.54, 1.807) is 31.2 Å². The Kier molecular flexibility index (Phi) is 4.48. The van der Waals surface area contributed by atoms with E-state index >= 15 is 0 Å². The largest absolute Gasteiger partial charge is 0.497 e. The van der Waals surface area contributed by atoms with Crippen LogP contribution in [0.3, 0.4) is 0 Å². The van der Waals surface area contributed by atoms with Crippen LogP contribution in [0.15, 0.2) is 29.8 Å². The first-order valence-corrected chi connectivity index (χ1v) is 5.25. The highest BCUT2D eigenvalue weighted by Gasteiger charge is 2.16. The van der Waals surface area contributed by atoms with E-state index in [1.165, 1.54) is 7.11 Å². The molecule has 0 saturated heterocycles. The van der Waals surface area contributed by atoms with Crippen molar-refractivity contribution >= 4 is 17.5 Å². The van der Waals surface area contributed by atoms with E-state index in [2.05, 4.69) is 0 Å². The Morgan fingerprint density at radius 1 is 1.17 bits per heavy atom. The summed E-state index contributed by atoms with van der Waals surface area (Å²) < 4.78 is 4.99. The summed E-state index contributed by atoms with van der Waals surface area (Å²) in [5.41, 5.74) is 0.981. The third-order valence-electron chi connectivity index (χ3n) is 2.56. The van der Waals surface area contributed by atoms with Crippen molar-refractivity contribution in [2.24, 2.45) is 0 Å². The molecule has 0 heterocycles. The Morgan fingerprint density at radius 2 is 1.72 bits per heavy atom. The standard InChI is InChI=1S/C13H14O5/c1-8(11(13(16)17)7-12(14)15)9-3-5-10(18-2)6-4-9/h3-6H,7H2,1-2H3,(H,14,15)(H,16,17). The first-order chi connectivity index (χ1) is 8.45. The number of hydrogen-bond acceptors (Lipinski definition) is 3. The summed E-state index contributed by atoms with van der Waals surface area (Å²) in [7, 11) is 1.53. The molecule has 2 N–H and O–H groups in total. The SMILES string of the molecule is COc1ccc(C(C)=C(CC(=O)O)C(=O)O)cc1. The third-order valence-corrected chi connectivity index (χ3v) is 2.56. The predicted octanol–water partition coefficient (Wildman–Crippen LogP) is 2.03. The summed E-state index contributed by atoms with van der Waals surface area (Å²) >= 11 is 0. The molecule has 0 saturated carbocycles. The Balaban J connectivity index is 3.15. The topological polar surface area (TPSA) is 83.8 Å². The second-order valence-electron chi connectivity index (χ2n) is 3.71. The minimum absolute atomic E-state index is 0.118. The van der Waals surface area contributed by atoms with E-state index in [9.17, 15) is 9.59 Å². The van der Waals surface area contributed by atoms with Crippen LogP contribution in [0.25, 0.3) is 5.57 Å². The number of carbonyl (C=O) groups is 2. The lowest BCUT2D eigenvalue weighted by molar-refractivity contribution is -0.139. The van der Waals surface area contributed by atoms with Crippen molar-refractivity contribution in [1.82, 2.24) is 0 Å². The van der Waals surface area contributed by atoms with Crippen molar-refractivity contribution in [3.63, 3.8) is 0 Å². The molecule has 1 aromatic rings. The summed E-state index contributed by atoms with van der Waals surface area (Å²) in [6, 6.07) is 6.77. The molecular weight excluding hydrogens is 236 g/mol. The number of carboxylic acid groups (broad SMARTS) is 2. The molecular formula is C13H14O5. The summed E-state index contributed by atoms with van der Waals surface area (Å²) in [5.74, 6) is -1.73. The number of ether oxygens (including phenoxy) is 1. The van der Waals surface area contributed by atoms with Gasteiger partial charge in [-0.2, -0.15) is 0 Å². The second kappa shape index (κ2) is 5.86. The maximum atomic E-state index is 11.0. The molecule has 96 valence electrons. The van der Waals surface area contributed by atoms with Gasteiger partial charge in [-0.15, -0.1) is 0 Å². The fourth-order valence-corrected chi connectivity index (χ4v) is 1.54. The van der Waals surface area contributed by atoms with Crippen LogP contribution < -0.4 is 4.74 Å². The van der Waals surface area contributed by atoms with Crippen LogP contribution in [0, 0.1) is 0 Å². The highest BCUT2D eigenvalue weighted by Crippen LogP contribution is 2.23. The van der Waals surface area contributed by atoms with Gasteiger partial charge in [-0.3, -0.25) is 4.79 Å². The van der Waals surface area contributed by atoms with Crippen molar-refractivity contribution in [3.05, 3.63) is 35.4 Å². The predicted molar refractivity (Wildman–Crippen MR) is 65.5 cm³/mol. The normalized spacial score (nSPS) is 11.7. The molecule has 1 aromatic carbocycles. The van der Waals surface area contributed by atoms with Gasteiger partial charge in [0.2, 0.25) is 0 Å². The monoisotopic (exact) mass is 250 g/mol. The molecule has 0 radical (unpaired) electrons. The number of benzene rings is 1. The van der Waals surface area contributed by atoms with Crippen molar-refractivity contribution in [2.75, 3.05) is 7.11 Å². The molecule has 5 heteroatoms. The Hall–Kier alpha value is -2.30. The highest BCUT2D eigenvalue weighted by atomic mass is 16.5. The highest BCUT2D eigenvalue weighted by molar-refractivity contribution is 5.99. The van der Waals surface area contributed by atoms with Gasteiger partial charge < -0.3 is 14.9 Å². The van der Waals surface area contributed by atoms with Gasteiger partial charge in [0.1, 0.15) is 5.75 Å². The van der Waals surface area contributed by atoms with Crippen LogP contribution in [-0.2, 0) is 9.59 Å². The molecule has 0 amide bonds. The quantitative estimate of drug-likeness (QED) is 0.781. The second-order valence-corrected chi connectivity index (χ2v) is 3.71. The molecule has 0 spiro atoms. The van der Waals surface area contributed by atoms with Crippen LogP contribution in [0.4, 0.5) is 0 Å². The van der Waals surface area contributed by atoms with Crippen molar-refractivity contribution in [3.8, 4) is 5.75 Å². The fraction of sp³-hybridized carbons (Fsp3) is 0.231. The molecule has 0 aliphatic carbocycles. The fourth-order valence-electron chi connectivity index (χ4n) is 1.54. The van der Waals surface area contributed by atoms with Crippen LogP contribution >= 0.6 is 0 Å². The van der Waals surface area contributed by atoms with Gasteiger partial charge in [0.15, 0.2) is 0 Å². The van der Waals surface area contributed by atoms with E-state index in [0.29, 0.717) is 16.9 Å². The minimum atomic E-state index is -1.22. The summed E-state index contributed by atoms with van der Waals surface area (Å²) in [4.78, 5) is 21.7. The molecule has 0 fully saturated rings. The zero-order valence-corrected chi connectivity index (χ0v) is 10.1. The van der Waals surface area contributed by atoms with Gasteiger partial charge in [0, 0.05) is 0 Å². The molecule has 0 aromatic heterocycles. The first kappa shape index (κ1) is 13.8. The molecule has 0 unspecified atom stereocenters. The number of methoxy groups -OCH3 is 1. The molecule has 18 heavy (non-hydrogen) atoms. The lowest BCUT2D eigenvalue weighted by Crippen LogP contribution is -2.08. The van der Waals surface area contributed by atoms with E-state index in [4.69, 9.17) is 14.9 Å². The van der Waals surface area contributed by atoms with E-state index in [1.807, 2.05) is 0 Å². The summed E-state index contributed by atoms with van der Waals surface area (Å²) in [6.45, 7) is 1.59. The van der Waals surface area contributed by atoms with Crippen LogP contribution in [0.2, 0.25) is 0 Å². The average molecular weight is 250 g/mol. The van der Waals surface area contributed by atoms with Gasteiger partial charge in [-0.1, -0.05) is 12.1 Å².